The number of rotatable bonds is 7. The summed E-state index contributed by atoms with van der Waals surface area (Å²) in [4.78, 5) is 7.14. The van der Waals surface area contributed by atoms with Crippen LogP contribution in [0.1, 0.15) is 40.0 Å². The summed E-state index contributed by atoms with van der Waals surface area (Å²) in [7, 11) is 0. The number of hydrogen-bond acceptors (Lipinski definition) is 4. The second kappa shape index (κ2) is 15.3. The Hall–Kier alpha value is -8.16. The van der Waals surface area contributed by atoms with Crippen molar-refractivity contribution in [1.82, 2.24) is 9.55 Å². The van der Waals surface area contributed by atoms with Crippen LogP contribution >= 0.6 is 0 Å². The first-order valence-corrected chi connectivity index (χ1v) is 21.3. The molecule has 2 aliphatic rings. The topological polar surface area (TPSA) is 43.4 Å². The van der Waals surface area contributed by atoms with E-state index in [0.29, 0.717) is 34.0 Å². The average Bonchev–Trinajstić information content (AvgIpc) is 3.80. The molecular weight excluding hydrogens is 795 g/mol. The van der Waals surface area contributed by atoms with Gasteiger partial charge in [0.1, 0.15) is 28.8 Å². The van der Waals surface area contributed by atoms with E-state index in [9.17, 15) is 0 Å². The number of nitrogens with zero attached hydrogens (tertiary/aromatic N) is 4. The SMILES string of the molecule is [2H]c1c([2H])c([2H])c(-c2cccc(-c3c([2H])c([2H])c([2H])c([2H])c3[2H])c2-[n+]2[c-]n(-c3cccc(Oc4cc5c6c(c4)N(c4cc(C(C)(C)C)ccn4)c4ccccc4B6c4ccccc4O5)c3)c3ccccc32)c([2H])c1[2H]. The highest BCUT2D eigenvalue weighted by Gasteiger charge is 2.42. The predicted molar refractivity (Wildman–Crippen MR) is 263 cm³/mol. The zero-order valence-electron chi connectivity index (χ0n) is 45.5. The molecule has 0 N–H and O–H groups in total. The average molecular weight is 849 g/mol. The van der Waals surface area contributed by atoms with Crippen molar-refractivity contribution in [2.45, 2.75) is 26.2 Å². The van der Waals surface area contributed by atoms with Crippen molar-refractivity contribution in [3.05, 3.63) is 218 Å². The molecule has 0 aliphatic carbocycles. The third kappa shape index (κ3) is 6.58. The Bertz CT molecular complexity index is 3920. The number of imidazole rings is 1. The third-order valence-electron chi connectivity index (χ3n) is 12.1. The Labute approximate surface area is 393 Å². The maximum Gasteiger partial charge on any atom is 0.269 e. The lowest BCUT2D eigenvalue weighted by Gasteiger charge is -2.39. The summed E-state index contributed by atoms with van der Waals surface area (Å²) >= 11 is 0. The standard InChI is InChI=1S/C58H43BN4O2/c1-58(2,3)41-32-33-60-55(34-41)63-49-28-12-10-26-47(49)59-48-27-11-15-31-53(48)65-54-37-44(36-52(63)56(54)59)64-43-23-16-22-42(35-43)61-38-62(51-30-14-13-29-50(51)61)57-45(39-18-6-4-7-19-39)24-17-25-46(57)40-20-8-5-9-21-40/h4-37H,1-3H3/i4D,5D,6D,7D,8D,9D,18D,19D,20D,21D. The first kappa shape index (κ1) is 29.3. The number of para-hydroxylation sites is 5. The lowest BCUT2D eigenvalue weighted by molar-refractivity contribution is -0.571. The number of ether oxygens (including phenoxy) is 2. The van der Waals surface area contributed by atoms with Gasteiger partial charge in [0.15, 0.2) is 0 Å². The smallest absolute Gasteiger partial charge is 0.269 e. The van der Waals surface area contributed by atoms with Gasteiger partial charge in [0, 0.05) is 24.0 Å². The number of pyridine rings is 1. The van der Waals surface area contributed by atoms with E-state index < -0.39 is 60.4 Å². The molecule has 4 heterocycles. The van der Waals surface area contributed by atoms with Crippen molar-refractivity contribution in [3.63, 3.8) is 0 Å². The molecule has 8 aromatic carbocycles. The van der Waals surface area contributed by atoms with Crippen molar-refractivity contribution in [2.75, 3.05) is 4.90 Å². The Morgan fingerprint density at radius 3 is 2.11 bits per heavy atom. The number of anilines is 3. The molecule has 65 heavy (non-hydrogen) atoms. The zero-order valence-corrected chi connectivity index (χ0v) is 35.5. The van der Waals surface area contributed by atoms with E-state index in [2.05, 4.69) is 68.4 Å². The molecule has 0 unspecified atom stereocenters. The number of fused-ring (bicyclic) bond motifs is 5. The molecule has 2 aliphatic heterocycles. The van der Waals surface area contributed by atoms with Crippen LogP contribution in [0.15, 0.2) is 206 Å². The van der Waals surface area contributed by atoms with Crippen LogP contribution in [0, 0.1) is 6.33 Å². The van der Waals surface area contributed by atoms with E-state index in [-0.39, 0.29) is 40.1 Å². The lowest BCUT2D eigenvalue weighted by atomic mass is 9.34. The van der Waals surface area contributed by atoms with Gasteiger partial charge in [-0.25, -0.2) is 4.98 Å². The molecule has 10 aromatic rings. The number of benzene rings is 8. The minimum absolute atomic E-state index is 0.133. The van der Waals surface area contributed by atoms with Gasteiger partial charge in [0.2, 0.25) is 0 Å². The normalized spacial score (nSPS) is 14.8. The van der Waals surface area contributed by atoms with E-state index in [1.165, 1.54) is 0 Å². The molecule has 0 amide bonds. The van der Waals surface area contributed by atoms with Gasteiger partial charge in [0.05, 0.1) is 41.8 Å². The van der Waals surface area contributed by atoms with Crippen LogP contribution in [0.5, 0.6) is 23.0 Å². The van der Waals surface area contributed by atoms with Gasteiger partial charge >= 0.3 is 0 Å². The van der Waals surface area contributed by atoms with E-state index in [0.717, 1.165) is 44.9 Å². The highest BCUT2D eigenvalue weighted by Crippen LogP contribution is 2.44. The zero-order chi connectivity index (χ0) is 52.4. The Morgan fingerprint density at radius 1 is 0.646 bits per heavy atom. The van der Waals surface area contributed by atoms with Gasteiger partial charge < -0.3 is 9.47 Å². The monoisotopic (exact) mass is 848 g/mol. The maximum absolute atomic E-state index is 9.06. The van der Waals surface area contributed by atoms with Crippen molar-refractivity contribution in [1.29, 1.82) is 0 Å². The molecule has 310 valence electrons. The van der Waals surface area contributed by atoms with E-state index in [4.69, 9.17) is 28.2 Å². The second-order valence-electron chi connectivity index (χ2n) is 17.0. The van der Waals surface area contributed by atoms with Gasteiger partial charge in [0.25, 0.3) is 13.0 Å². The molecule has 0 atom stereocenters. The summed E-state index contributed by atoms with van der Waals surface area (Å²) in [6, 6.07) is 39.0. The van der Waals surface area contributed by atoms with E-state index in [1.54, 1.807) is 27.3 Å². The highest BCUT2D eigenvalue weighted by atomic mass is 16.5. The molecule has 0 saturated heterocycles. The molecule has 7 heteroatoms. The summed E-state index contributed by atoms with van der Waals surface area (Å²) < 4.78 is 104. The molecule has 12 rings (SSSR count). The Morgan fingerprint density at radius 2 is 1.34 bits per heavy atom. The van der Waals surface area contributed by atoms with Crippen LogP contribution in [0.2, 0.25) is 0 Å². The van der Waals surface area contributed by atoms with Crippen LogP contribution < -0.4 is 35.3 Å². The van der Waals surface area contributed by atoms with Crippen LogP contribution in [0.25, 0.3) is 44.7 Å². The van der Waals surface area contributed by atoms with Crippen molar-refractivity contribution >= 4 is 51.3 Å². The van der Waals surface area contributed by atoms with Crippen molar-refractivity contribution in [3.8, 4) is 56.6 Å². The molecular formula is C58H43BN4O2. The van der Waals surface area contributed by atoms with E-state index in [1.807, 2.05) is 91.1 Å². The molecule has 0 bridgehead atoms. The molecule has 0 saturated carbocycles. The van der Waals surface area contributed by atoms with Crippen LogP contribution in [0.4, 0.5) is 17.2 Å². The minimum Gasteiger partial charge on any atom is -0.458 e. The Balaban J connectivity index is 1.03. The van der Waals surface area contributed by atoms with Gasteiger partial charge in [-0.2, -0.15) is 0 Å². The van der Waals surface area contributed by atoms with Crippen LogP contribution in [-0.4, -0.2) is 16.3 Å². The highest BCUT2D eigenvalue weighted by molar-refractivity contribution is 6.99. The van der Waals surface area contributed by atoms with Gasteiger partial charge in [-0.1, -0.05) is 166 Å². The fourth-order valence-electron chi connectivity index (χ4n) is 9.13. The fourth-order valence-corrected chi connectivity index (χ4v) is 9.13. The van der Waals surface area contributed by atoms with Crippen molar-refractivity contribution in [2.24, 2.45) is 0 Å². The Kier molecular flexibility index (Phi) is 6.88. The first-order valence-electron chi connectivity index (χ1n) is 26.3. The fraction of sp³-hybridized carbons (Fsp3) is 0.0690. The number of hydrogen-bond donors (Lipinski definition) is 0. The summed E-state index contributed by atoms with van der Waals surface area (Å²) in [5.74, 6) is 3.12. The van der Waals surface area contributed by atoms with E-state index >= 15 is 0 Å². The molecule has 0 radical (unpaired) electrons. The van der Waals surface area contributed by atoms with Crippen LogP contribution in [0.3, 0.4) is 0 Å². The first-order chi connectivity index (χ1) is 36.0. The van der Waals surface area contributed by atoms with Gasteiger partial charge in [-0.15, -0.1) is 0 Å². The molecule has 0 fully saturated rings. The summed E-state index contributed by atoms with van der Waals surface area (Å²) in [6.45, 7) is 6.41. The summed E-state index contributed by atoms with van der Waals surface area (Å²) in [5.41, 5.74) is 7.98. The summed E-state index contributed by atoms with van der Waals surface area (Å²) in [6.07, 6.45) is 5.31. The molecule has 6 nitrogen and oxygen atoms in total. The quantitative estimate of drug-likeness (QED) is 0.0910. The predicted octanol–water partition coefficient (Wildman–Crippen LogP) is 11.9. The number of aromatic nitrogens is 3. The van der Waals surface area contributed by atoms with Gasteiger partial charge in [-0.05, 0) is 92.1 Å². The third-order valence-corrected chi connectivity index (χ3v) is 12.1. The van der Waals surface area contributed by atoms with Gasteiger partial charge in [-0.3, -0.25) is 14.0 Å². The van der Waals surface area contributed by atoms with Crippen molar-refractivity contribution < 1.29 is 27.7 Å². The largest absolute Gasteiger partial charge is 0.458 e. The second-order valence-corrected chi connectivity index (χ2v) is 17.0. The molecule has 0 spiro atoms. The lowest BCUT2D eigenvalue weighted by Crippen LogP contribution is -2.59. The minimum atomic E-state index is -0.572. The maximum atomic E-state index is 9.06. The summed E-state index contributed by atoms with van der Waals surface area (Å²) in [5, 5.41) is 0. The van der Waals surface area contributed by atoms with Crippen LogP contribution in [-0.2, 0) is 5.41 Å². The molecule has 2 aromatic heterocycles.